The normalized spacial score (nSPS) is 18.3. The first-order chi connectivity index (χ1) is 9.19. The van der Waals surface area contributed by atoms with Crippen LogP contribution in [-0.2, 0) is 13.1 Å². The van der Waals surface area contributed by atoms with E-state index in [1.807, 2.05) is 7.05 Å². The Morgan fingerprint density at radius 3 is 2.74 bits per heavy atom. The third kappa shape index (κ3) is 4.28. The molecule has 0 aliphatic carbocycles. The Balaban J connectivity index is 1.84. The van der Waals surface area contributed by atoms with Crippen molar-refractivity contribution in [2.45, 2.75) is 39.8 Å². The van der Waals surface area contributed by atoms with Crippen LogP contribution < -0.4 is 5.32 Å². The van der Waals surface area contributed by atoms with E-state index in [2.05, 4.69) is 38.8 Å². The van der Waals surface area contributed by atoms with E-state index in [-0.39, 0.29) is 0 Å². The van der Waals surface area contributed by atoms with E-state index in [9.17, 15) is 0 Å². The van der Waals surface area contributed by atoms with Crippen LogP contribution in [0.2, 0.25) is 0 Å². The van der Waals surface area contributed by atoms with E-state index >= 15 is 0 Å². The van der Waals surface area contributed by atoms with Crippen LogP contribution in [0.4, 0.5) is 0 Å². The lowest BCUT2D eigenvalue weighted by molar-refractivity contribution is 0.170. The van der Waals surface area contributed by atoms with Gasteiger partial charge in [-0.2, -0.15) is 5.10 Å². The highest BCUT2D eigenvalue weighted by Crippen LogP contribution is 2.17. The fourth-order valence-electron chi connectivity index (χ4n) is 2.75. The van der Waals surface area contributed by atoms with Gasteiger partial charge in [-0.3, -0.25) is 4.90 Å². The van der Waals surface area contributed by atoms with E-state index in [0.29, 0.717) is 5.92 Å². The summed E-state index contributed by atoms with van der Waals surface area (Å²) in [5, 5.41) is 7.62. The molecule has 2 heterocycles. The number of hydrogen-bond acceptors (Lipinski definition) is 4. The molecule has 0 unspecified atom stereocenters. The van der Waals surface area contributed by atoms with Gasteiger partial charge in [0.2, 0.25) is 0 Å². The number of nitrogens with one attached hydrogen (secondary N) is 1. The molecule has 1 aliphatic heterocycles. The lowest BCUT2D eigenvalue weighted by atomic mass is 9.97. The molecule has 0 radical (unpaired) electrons. The van der Waals surface area contributed by atoms with Crippen molar-refractivity contribution in [2.75, 3.05) is 26.7 Å². The molecule has 0 amide bonds. The van der Waals surface area contributed by atoms with Gasteiger partial charge in [-0.15, -0.1) is 0 Å². The van der Waals surface area contributed by atoms with Gasteiger partial charge in [0.25, 0.3) is 0 Å². The summed E-state index contributed by atoms with van der Waals surface area (Å²) in [7, 11) is 2.04. The SMILES string of the molecule is CNCC1CCN(Cc2ncnn2CC(C)C)CC1. The lowest BCUT2D eigenvalue weighted by Crippen LogP contribution is -2.37. The molecular weight excluding hydrogens is 238 g/mol. The Morgan fingerprint density at radius 2 is 2.11 bits per heavy atom. The second-order valence-electron chi connectivity index (χ2n) is 6.03. The molecule has 0 aromatic carbocycles. The third-order valence-electron chi connectivity index (χ3n) is 3.80. The highest BCUT2D eigenvalue weighted by molar-refractivity contribution is 4.86. The number of likely N-dealkylation sites (tertiary alicyclic amines) is 1. The number of nitrogens with zero attached hydrogens (tertiary/aromatic N) is 4. The van der Waals surface area contributed by atoms with Crippen LogP contribution in [0.1, 0.15) is 32.5 Å². The quantitative estimate of drug-likeness (QED) is 0.844. The van der Waals surface area contributed by atoms with Crippen molar-refractivity contribution in [1.29, 1.82) is 0 Å². The highest BCUT2D eigenvalue weighted by Gasteiger charge is 2.20. The minimum atomic E-state index is 0.613. The van der Waals surface area contributed by atoms with Crippen LogP contribution in [0, 0.1) is 11.8 Å². The monoisotopic (exact) mass is 265 g/mol. The summed E-state index contributed by atoms with van der Waals surface area (Å²) in [5.74, 6) is 2.57. The summed E-state index contributed by atoms with van der Waals surface area (Å²) in [6.07, 6.45) is 4.27. The zero-order valence-corrected chi connectivity index (χ0v) is 12.5. The van der Waals surface area contributed by atoms with Crippen molar-refractivity contribution >= 4 is 0 Å². The number of piperidine rings is 1. The van der Waals surface area contributed by atoms with Crippen molar-refractivity contribution in [3.05, 3.63) is 12.2 Å². The Bertz CT molecular complexity index is 366. The van der Waals surface area contributed by atoms with Crippen molar-refractivity contribution in [2.24, 2.45) is 11.8 Å². The van der Waals surface area contributed by atoms with Gasteiger partial charge in [0.15, 0.2) is 0 Å². The van der Waals surface area contributed by atoms with Gasteiger partial charge in [-0.25, -0.2) is 9.67 Å². The maximum absolute atomic E-state index is 4.42. The van der Waals surface area contributed by atoms with E-state index < -0.39 is 0 Å². The first kappa shape index (κ1) is 14.5. The summed E-state index contributed by atoms with van der Waals surface area (Å²) in [6.45, 7) is 9.85. The molecule has 5 nitrogen and oxygen atoms in total. The molecule has 2 rings (SSSR count). The maximum atomic E-state index is 4.42. The van der Waals surface area contributed by atoms with Gasteiger partial charge in [0, 0.05) is 6.54 Å². The molecule has 0 saturated carbocycles. The fraction of sp³-hybridized carbons (Fsp3) is 0.857. The number of hydrogen-bond donors (Lipinski definition) is 1. The van der Waals surface area contributed by atoms with Gasteiger partial charge in [-0.05, 0) is 51.4 Å². The Labute approximate surface area is 116 Å². The maximum Gasteiger partial charge on any atom is 0.141 e. The van der Waals surface area contributed by atoms with Gasteiger partial charge in [0.05, 0.1) is 6.54 Å². The molecule has 0 atom stereocenters. The fourth-order valence-corrected chi connectivity index (χ4v) is 2.75. The molecule has 1 aliphatic rings. The van der Waals surface area contributed by atoms with Crippen molar-refractivity contribution in [1.82, 2.24) is 25.0 Å². The molecule has 108 valence electrons. The molecule has 1 aromatic rings. The third-order valence-corrected chi connectivity index (χ3v) is 3.80. The Morgan fingerprint density at radius 1 is 1.37 bits per heavy atom. The summed E-state index contributed by atoms with van der Waals surface area (Å²) < 4.78 is 2.06. The van der Waals surface area contributed by atoms with Crippen LogP contribution in [0.25, 0.3) is 0 Å². The summed E-state index contributed by atoms with van der Waals surface area (Å²) >= 11 is 0. The summed E-state index contributed by atoms with van der Waals surface area (Å²) in [6, 6.07) is 0. The van der Waals surface area contributed by atoms with Crippen LogP contribution in [0.5, 0.6) is 0 Å². The largest absolute Gasteiger partial charge is 0.319 e. The summed E-state index contributed by atoms with van der Waals surface area (Å²) in [4.78, 5) is 6.92. The predicted octanol–water partition coefficient (Wildman–Crippen LogP) is 1.37. The van der Waals surface area contributed by atoms with Crippen LogP contribution >= 0.6 is 0 Å². The van der Waals surface area contributed by atoms with Crippen LogP contribution in [-0.4, -0.2) is 46.3 Å². The average Bonchev–Trinajstić information content (AvgIpc) is 2.79. The first-order valence-electron chi connectivity index (χ1n) is 7.42. The molecule has 0 spiro atoms. The van der Waals surface area contributed by atoms with Crippen LogP contribution in [0.3, 0.4) is 0 Å². The number of rotatable bonds is 6. The molecule has 1 saturated heterocycles. The molecule has 1 aromatic heterocycles. The van der Waals surface area contributed by atoms with Crippen molar-refractivity contribution < 1.29 is 0 Å². The second-order valence-corrected chi connectivity index (χ2v) is 6.03. The molecule has 1 fully saturated rings. The smallest absolute Gasteiger partial charge is 0.141 e. The van der Waals surface area contributed by atoms with E-state index in [1.165, 1.54) is 25.9 Å². The Hall–Kier alpha value is -0.940. The zero-order chi connectivity index (χ0) is 13.7. The standard InChI is InChI=1S/C14H27N5/c1-12(2)9-19-14(16-11-17-19)10-18-6-4-13(5-7-18)8-15-3/h11-13,15H,4-10H2,1-3H3. The predicted molar refractivity (Wildman–Crippen MR) is 76.8 cm³/mol. The minimum Gasteiger partial charge on any atom is -0.319 e. The van der Waals surface area contributed by atoms with Crippen molar-refractivity contribution in [3.8, 4) is 0 Å². The van der Waals surface area contributed by atoms with Crippen LogP contribution in [0.15, 0.2) is 6.33 Å². The molecule has 5 heteroatoms. The number of aromatic nitrogens is 3. The second kappa shape index (κ2) is 7.01. The molecule has 19 heavy (non-hydrogen) atoms. The lowest BCUT2D eigenvalue weighted by Gasteiger charge is -2.31. The molecule has 1 N–H and O–H groups in total. The van der Waals surface area contributed by atoms with Gasteiger partial charge in [0.1, 0.15) is 12.2 Å². The highest BCUT2D eigenvalue weighted by atomic mass is 15.3. The van der Waals surface area contributed by atoms with Crippen molar-refractivity contribution in [3.63, 3.8) is 0 Å². The average molecular weight is 265 g/mol. The van der Waals surface area contributed by atoms with Gasteiger partial charge in [-0.1, -0.05) is 13.8 Å². The van der Waals surface area contributed by atoms with E-state index in [4.69, 9.17) is 0 Å². The minimum absolute atomic E-state index is 0.613. The first-order valence-corrected chi connectivity index (χ1v) is 7.42. The Kier molecular flexibility index (Phi) is 5.34. The molecular formula is C14H27N5. The van der Waals surface area contributed by atoms with E-state index in [1.54, 1.807) is 6.33 Å². The zero-order valence-electron chi connectivity index (χ0n) is 12.5. The van der Waals surface area contributed by atoms with E-state index in [0.717, 1.165) is 31.4 Å². The molecule has 0 bridgehead atoms. The van der Waals surface area contributed by atoms with Gasteiger partial charge < -0.3 is 5.32 Å². The summed E-state index contributed by atoms with van der Waals surface area (Å²) in [5.41, 5.74) is 0. The topological polar surface area (TPSA) is 46.0 Å². The van der Waals surface area contributed by atoms with Gasteiger partial charge >= 0.3 is 0 Å².